The van der Waals surface area contributed by atoms with Crippen molar-refractivity contribution < 1.29 is 17.9 Å². The Balaban J connectivity index is 2.44. The first-order valence-electron chi connectivity index (χ1n) is 6.54. The summed E-state index contributed by atoms with van der Waals surface area (Å²) in [7, 11) is -2.18. The largest absolute Gasteiger partial charge is 0.469 e. The second-order valence-electron chi connectivity index (χ2n) is 5.59. The topological polar surface area (TPSA) is 84.5 Å². The molecule has 7 heteroatoms. The fourth-order valence-corrected chi connectivity index (χ4v) is 3.22. The first kappa shape index (κ1) is 16.4. The molecule has 2 N–H and O–H groups in total. The van der Waals surface area contributed by atoms with E-state index < -0.39 is 16.0 Å². The Kier molecular flexibility index (Phi) is 5.76. The van der Waals surface area contributed by atoms with Crippen LogP contribution in [-0.2, 0) is 19.6 Å². The van der Waals surface area contributed by atoms with Crippen molar-refractivity contribution in [3.8, 4) is 0 Å². The number of carbonyl (C=O) groups excluding carboxylic acids is 1. The molecule has 1 unspecified atom stereocenters. The second-order valence-corrected chi connectivity index (χ2v) is 7.52. The summed E-state index contributed by atoms with van der Waals surface area (Å²) in [6.45, 7) is 5.54. The first-order valence-corrected chi connectivity index (χ1v) is 8.19. The number of ether oxygens (including phenoxy) is 1. The summed E-state index contributed by atoms with van der Waals surface area (Å²) in [6, 6.07) is 0.120. The van der Waals surface area contributed by atoms with E-state index in [1.165, 1.54) is 7.11 Å². The van der Waals surface area contributed by atoms with Gasteiger partial charge in [0.25, 0.3) is 0 Å². The highest BCUT2D eigenvalue weighted by Gasteiger charge is 2.32. The SMILES string of the molecule is COC(=O)CCS(=O)(=O)NCC1NCCCC1(C)C. The molecule has 0 aliphatic carbocycles. The van der Waals surface area contributed by atoms with Crippen molar-refractivity contribution in [2.24, 2.45) is 5.41 Å². The van der Waals surface area contributed by atoms with Crippen LogP contribution in [0.5, 0.6) is 0 Å². The normalized spacial score (nSPS) is 23.0. The van der Waals surface area contributed by atoms with Gasteiger partial charge < -0.3 is 10.1 Å². The summed E-state index contributed by atoms with van der Waals surface area (Å²) < 4.78 is 30.5. The molecule has 1 aliphatic rings. The molecule has 1 heterocycles. The number of methoxy groups -OCH3 is 1. The van der Waals surface area contributed by atoms with Gasteiger partial charge in [-0.15, -0.1) is 0 Å². The Bertz CT molecular complexity index is 406. The van der Waals surface area contributed by atoms with E-state index in [9.17, 15) is 13.2 Å². The maximum absolute atomic E-state index is 11.8. The molecule has 0 aromatic carbocycles. The molecule has 0 radical (unpaired) electrons. The van der Waals surface area contributed by atoms with Crippen LogP contribution in [0.1, 0.15) is 33.1 Å². The smallest absolute Gasteiger partial charge is 0.306 e. The van der Waals surface area contributed by atoms with Crippen molar-refractivity contribution in [2.75, 3.05) is 26.0 Å². The molecular formula is C12H24N2O4S. The summed E-state index contributed by atoms with van der Waals surface area (Å²) in [5.74, 6) is -0.742. The third-order valence-corrected chi connectivity index (χ3v) is 4.99. The first-order chi connectivity index (χ1) is 8.77. The number of rotatable bonds is 6. The molecule has 6 nitrogen and oxygen atoms in total. The summed E-state index contributed by atoms with van der Waals surface area (Å²) in [5.41, 5.74) is 0.0725. The van der Waals surface area contributed by atoms with E-state index in [4.69, 9.17) is 0 Å². The lowest BCUT2D eigenvalue weighted by atomic mass is 9.78. The van der Waals surface area contributed by atoms with E-state index in [2.05, 4.69) is 28.6 Å². The Morgan fingerprint density at radius 2 is 2.16 bits per heavy atom. The lowest BCUT2D eigenvalue weighted by Crippen LogP contribution is -2.53. The van der Waals surface area contributed by atoms with Crippen molar-refractivity contribution in [2.45, 2.75) is 39.2 Å². The van der Waals surface area contributed by atoms with Crippen molar-refractivity contribution in [1.29, 1.82) is 0 Å². The fourth-order valence-electron chi connectivity index (χ4n) is 2.22. The van der Waals surface area contributed by atoms with Gasteiger partial charge in [0.15, 0.2) is 0 Å². The van der Waals surface area contributed by atoms with E-state index >= 15 is 0 Å². The van der Waals surface area contributed by atoms with Crippen LogP contribution in [0.3, 0.4) is 0 Å². The van der Waals surface area contributed by atoms with Crippen LogP contribution in [0.4, 0.5) is 0 Å². The molecule has 0 spiro atoms. The third kappa shape index (κ3) is 5.46. The van der Waals surface area contributed by atoms with Crippen LogP contribution in [0, 0.1) is 5.41 Å². The minimum atomic E-state index is -3.43. The van der Waals surface area contributed by atoms with E-state index in [0.29, 0.717) is 6.54 Å². The maximum Gasteiger partial charge on any atom is 0.306 e. The highest BCUT2D eigenvalue weighted by Crippen LogP contribution is 2.29. The second kappa shape index (κ2) is 6.67. The van der Waals surface area contributed by atoms with Gasteiger partial charge in [-0.25, -0.2) is 13.1 Å². The molecule has 1 atom stereocenters. The maximum atomic E-state index is 11.8. The molecule has 19 heavy (non-hydrogen) atoms. The average molecular weight is 292 g/mol. The van der Waals surface area contributed by atoms with E-state index in [1.807, 2.05) is 0 Å². The van der Waals surface area contributed by atoms with Gasteiger partial charge >= 0.3 is 5.97 Å². The Labute approximate surface area is 115 Å². The van der Waals surface area contributed by atoms with E-state index in [0.717, 1.165) is 19.4 Å². The summed E-state index contributed by atoms with van der Waals surface area (Å²) in [4.78, 5) is 10.9. The highest BCUT2D eigenvalue weighted by atomic mass is 32.2. The van der Waals surface area contributed by atoms with Gasteiger partial charge in [-0.2, -0.15) is 0 Å². The van der Waals surface area contributed by atoms with Gasteiger partial charge in [-0.05, 0) is 24.8 Å². The Morgan fingerprint density at radius 3 is 2.74 bits per heavy atom. The lowest BCUT2D eigenvalue weighted by molar-refractivity contribution is -0.140. The zero-order chi connectivity index (χ0) is 14.5. The molecule has 1 fully saturated rings. The molecule has 1 saturated heterocycles. The molecule has 0 aromatic heterocycles. The van der Waals surface area contributed by atoms with E-state index in [-0.39, 0.29) is 23.6 Å². The number of esters is 1. The Hall–Kier alpha value is -0.660. The van der Waals surface area contributed by atoms with Crippen LogP contribution in [0.15, 0.2) is 0 Å². The molecule has 0 saturated carbocycles. The standard InChI is InChI=1S/C12H24N2O4S/c1-12(2)6-4-7-13-10(12)9-14-19(16,17)8-5-11(15)18-3/h10,13-14H,4-9H2,1-3H3. The van der Waals surface area contributed by atoms with Gasteiger partial charge in [-0.3, -0.25) is 4.79 Å². The minimum Gasteiger partial charge on any atom is -0.469 e. The predicted octanol–water partition coefficient (Wildman–Crippen LogP) is 0.247. The monoisotopic (exact) mass is 292 g/mol. The number of nitrogens with one attached hydrogen (secondary N) is 2. The lowest BCUT2D eigenvalue weighted by Gasteiger charge is -2.39. The van der Waals surface area contributed by atoms with Crippen LogP contribution < -0.4 is 10.0 Å². The van der Waals surface area contributed by atoms with Crippen molar-refractivity contribution in [1.82, 2.24) is 10.0 Å². The number of piperidine rings is 1. The van der Waals surface area contributed by atoms with Crippen LogP contribution in [-0.4, -0.2) is 46.4 Å². The average Bonchev–Trinajstić information content (AvgIpc) is 2.34. The molecule has 0 aromatic rings. The minimum absolute atomic E-state index is 0.0725. The zero-order valence-electron chi connectivity index (χ0n) is 11.9. The molecule has 112 valence electrons. The summed E-state index contributed by atoms with van der Waals surface area (Å²) in [6.07, 6.45) is 2.07. The number of carbonyl (C=O) groups is 1. The highest BCUT2D eigenvalue weighted by molar-refractivity contribution is 7.89. The number of hydrogen-bond donors (Lipinski definition) is 2. The van der Waals surface area contributed by atoms with E-state index in [1.54, 1.807) is 0 Å². The zero-order valence-corrected chi connectivity index (χ0v) is 12.7. The number of sulfonamides is 1. The van der Waals surface area contributed by atoms with Crippen molar-refractivity contribution in [3.63, 3.8) is 0 Å². The van der Waals surface area contributed by atoms with Crippen LogP contribution in [0.25, 0.3) is 0 Å². The van der Waals surface area contributed by atoms with Gasteiger partial charge in [0.05, 0.1) is 19.3 Å². The van der Waals surface area contributed by atoms with Crippen LogP contribution >= 0.6 is 0 Å². The molecule has 0 bridgehead atoms. The Morgan fingerprint density at radius 1 is 1.47 bits per heavy atom. The van der Waals surface area contributed by atoms with Crippen LogP contribution in [0.2, 0.25) is 0 Å². The predicted molar refractivity (Wildman–Crippen MR) is 73.2 cm³/mol. The third-order valence-electron chi connectivity index (χ3n) is 3.64. The summed E-state index contributed by atoms with van der Waals surface area (Å²) >= 11 is 0. The van der Waals surface area contributed by atoms with Crippen molar-refractivity contribution in [3.05, 3.63) is 0 Å². The number of hydrogen-bond acceptors (Lipinski definition) is 5. The summed E-state index contributed by atoms with van der Waals surface area (Å²) in [5, 5.41) is 3.34. The van der Waals surface area contributed by atoms with Gasteiger partial charge in [-0.1, -0.05) is 13.8 Å². The van der Waals surface area contributed by atoms with Gasteiger partial charge in [0.2, 0.25) is 10.0 Å². The van der Waals surface area contributed by atoms with Crippen molar-refractivity contribution >= 4 is 16.0 Å². The quantitative estimate of drug-likeness (QED) is 0.685. The molecule has 0 amide bonds. The molecular weight excluding hydrogens is 268 g/mol. The fraction of sp³-hybridized carbons (Fsp3) is 0.917. The molecule has 1 aliphatic heterocycles. The molecule has 1 rings (SSSR count). The van der Waals surface area contributed by atoms with Gasteiger partial charge in [0.1, 0.15) is 0 Å². The van der Waals surface area contributed by atoms with Gasteiger partial charge in [0, 0.05) is 12.6 Å².